The van der Waals surface area contributed by atoms with Crippen LogP contribution in [0.1, 0.15) is 24.8 Å². The molecule has 3 aromatic heterocycles. The molecule has 0 saturated heterocycles. The van der Waals surface area contributed by atoms with Gasteiger partial charge in [-0.05, 0) is 24.5 Å². The Morgan fingerprint density at radius 1 is 1.24 bits per heavy atom. The minimum atomic E-state index is -1.41. The van der Waals surface area contributed by atoms with Crippen LogP contribution >= 0.6 is 23.1 Å². The maximum absolute atomic E-state index is 12.7. The molecule has 0 aliphatic carbocycles. The standard InChI is InChI=1S/C23H27N7OS3/c1-15(2)22-28-20(21(33-22)19-8-9-24-23(27-19)25-10-11-32-4)16-6-5-7-17(12-16)29-34(31)18-13-26-30(3)14-18/h5-9,12-15,29H,10-11H2,1-4H3,(H,24,25,27). The van der Waals surface area contributed by atoms with Crippen molar-refractivity contribution in [3.63, 3.8) is 0 Å². The van der Waals surface area contributed by atoms with Crippen LogP contribution in [0.15, 0.2) is 53.8 Å². The molecule has 1 atom stereocenters. The van der Waals surface area contributed by atoms with Crippen LogP contribution in [0.2, 0.25) is 0 Å². The van der Waals surface area contributed by atoms with E-state index in [2.05, 4.69) is 40.2 Å². The Bertz CT molecular complexity index is 1290. The Labute approximate surface area is 210 Å². The van der Waals surface area contributed by atoms with Crippen molar-refractivity contribution in [1.82, 2.24) is 24.7 Å². The minimum Gasteiger partial charge on any atom is -0.353 e. The average molecular weight is 514 g/mol. The van der Waals surface area contributed by atoms with Crippen LogP contribution in [0.3, 0.4) is 0 Å². The van der Waals surface area contributed by atoms with Crippen molar-refractivity contribution < 1.29 is 4.21 Å². The second-order valence-corrected chi connectivity index (χ2v) is 11.1. The van der Waals surface area contributed by atoms with Gasteiger partial charge in [-0.3, -0.25) is 4.68 Å². The zero-order valence-electron chi connectivity index (χ0n) is 19.5. The second kappa shape index (κ2) is 11.1. The molecule has 0 bridgehead atoms. The van der Waals surface area contributed by atoms with E-state index in [-0.39, 0.29) is 5.92 Å². The molecular weight excluding hydrogens is 487 g/mol. The van der Waals surface area contributed by atoms with E-state index < -0.39 is 11.0 Å². The van der Waals surface area contributed by atoms with E-state index in [0.717, 1.165) is 44.8 Å². The molecule has 0 spiro atoms. The van der Waals surface area contributed by atoms with E-state index in [9.17, 15) is 4.21 Å². The molecule has 0 saturated carbocycles. The Morgan fingerprint density at radius 2 is 2.09 bits per heavy atom. The van der Waals surface area contributed by atoms with Crippen molar-refractivity contribution in [3.05, 3.63) is 53.9 Å². The molecule has 178 valence electrons. The fraction of sp³-hybridized carbons (Fsp3) is 0.304. The first kappa shape index (κ1) is 24.4. The summed E-state index contributed by atoms with van der Waals surface area (Å²) >= 11 is 3.42. The van der Waals surface area contributed by atoms with Gasteiger partial charge in [0.25, 0.3) is 0 Å². The van der Waals surface area contributed by atoms with Crippen LogP contribution in [0.4, 0.5) is 11.6 Å². The topological polar surface area (TPSA) is 97.6 Å². The highest BCUT2D eigenvalue weighted by Gasteiger charge is 2.19. The van der Waals surface area contributed by atoms with Crippen LogP contribution in [0, 0.1) is 0 Å². The summed E-state index contributed by atoms with van der Waals surface area (Å²) in [4.78, 5) is 15.7. The second-order valence-electron chi connectivity index (χ2n) is 7.87. The quantitative estimate of drug-likeness (QED) is 0.287. The van der Waals surface area contributed by atoms with E-state index in [0.29, 0.717) is 10.8 Å². The van der Waals surface area contributed by atoms with Gasteiger partial charge >= 0.3 is 0 Å². The third-order valence-electron chi connectivity index (χ3n) is 4.86. The Kier molecular flexibility index (Phi) is 7.96. The monoisotopic (exact) mass is 513 g/mol. The van der Waals surface area contributed by atoms with Crippen molar-refractivity contribution in [3.8, 4) is 21.8 Å². The lowest BCUT2D eigenvalue weighted by Crippen LogP contribution is -2.07. The lowest BCUT2D eigenvalue weighted by molar-refractivity contribution is 0.686. The summed E-state index contributed by atoms with van der Waals surface area (Å²) in [6.07, 6.45) is 7.18. The smallest absolute Gasteiger partial charge is 0.223 e. The molecular formula is C23H27N7OS3. The number of aryl methyl sites for hydroxylation is 1. The lowest BCUT2D eigenvalue weighted by Gasteiger charge is -2.08. The van der Waals surface area contributed by atoms with E-state index in [1.54, 1.807) is 53.4 Å². The van der Waals surface area contributed by atoms with Gasteiger partial charge in [0.05, 0.1) is 32.4 Å². The summed E-state index contributed by atoms with van der Waals surface area (Å²) in [6.45, 7) is 5.08. The molecule has 0 amide bonds. The minimum absolute atomic E-state index is 0.290. The number of aromatic nitrogens is 5. The molecule has 1 unspecified atom stereocenters. The summed E-state index contributed by atoms with van der Waals surface area (Å²) in [5, 5.41) is 8.42. The van der Waals surface area contributed by atoms with Gasteiger partial charge < -0.3 is 10.0 Å². The highest BCUT2D eigenvalue weighted by Crippen LogP contribution is 2.39. The molecule has 1 aromatic carbocycles. The van der Waals surface area contributed by atoms with Gasteiger partial charge in [-0.1, -0.05) is 26.0 Å². The fourth-order valence-electron chi connectivity index (χ4n) is 3.18. The van der Waals surface area contributed by atoms with Crippen molar-refractivity contribution in [2.75, 3.05) is 28.6 Å². The molecule has 2 N–H and O–H groups in total. The average Bonchev–Trinajstić information content (AvgIpc) is 3.47. The highest BCUT2D eigenvalue weighted by molar-refractivity contribution is 7.98. The predicted molar refractivity (Wildman–Crippen MR) is 143 cm³/mol. The molecule has 0 radical (unpaired) electrons. The van der Waals surface area contributed by atoms with Crippen LogP contribution in [-0.4, -0.2) is 47.5 Å². The number of nitrogens with one attached hydrogen (secondary N) is 2. The first-order chi connectivity index (χ1) is 16.4. The van der Waals surface area contributed by atoms with Crippen molar-refractivity contribution in [1.29, 1.82) is 0 Å². The van der Waals surface area contributed by atoms with Gasteiger partial charge in [0, 0.05) is 48.9 Å². The third-order valence-corrected chi connectivity index (χ3v) is 7.91. The van der Waals surface area contributed by atoms with Gasteiger partial charge in [-0.2, -0.15) is 16.9 Å². The van der Waals surface area contributed by atoms with Crippen molar-refractivity contribution >= 4 is 45.7 Å². The predicted octanol–water partition coefficient (Wildman–Crippen LogP) is 5.03. The van der Waals surface area contributed by atoms with Gasteiger partial charge in [0.2, 0.25) is 5.95 Å². The molecule has 4 aromatic rings. The first-order valence-electron chi connectivity index (χ1n) is 10.8. The summed E-state index contributed by atoms with van der Waals surface area (Å²) in [5.74, 6) is 1.88. The van der Waals surface area contributed by atoms with Gasteiger partial charge in [-0.25, -0.2) is 19.2 Å². The SMILES string of the molecule is CSCCNc1nccc(-c2sc(C(C)C)nc2-c2cccc(NS(=O)c3cnn(C)c3)c2)n1. The molecule has 0 aliphatic heterocycles. The molecule has 0 aliphatic rings. The van der Waals surface area contributed by atoms with Crippen LogP contribution < -0.4 is 10.0 Å². The van der Waals surface area contributed by atoms with Gasteiger partial charge in [0.15, 0.2) is 11.0 Å². The Balaban J connectivity index is 1.66. The molecule has 11 heteroatoms. The van der Waals surface area contributed by atoms with E-state index in [1.807, 2.05) is 30.3 Å². The fourth-order valence-corrected chi connectivity index (χ4v) is 5.40. The number of hydrogen-bond acceptors (Lipinski definition) is 8. The highest BCUT2D eigenvalue weighted by atomic mass is 32.2. The first-order valence-corrected chi connectivity index (χ1v) is 14.1. The van der Waals surface area contributed by atoms with Crippen LogP contribution in [-0.2, 0) is 18.0 Å². The number of anilines is 2. The van der Waals surface area contributed by atoms with E-state index in [1.165, 1.54) is 0 Å². The summed E-state index contributed by atoms with van der Waals surface area (Å²) in [5.41, 5.74) is 3.37. The van der Waals surface area contributed by atoms with Gasteiger partial charge in [0.1, 0.15) is 0 Å². The van der Waals surface area contributed by atoms with E-state index in [4.69, 9.17) is 9.97 Å². The molecule has 4 rings (SSSR count). The number of benzene rings is 1. The molecule has 8 nitrogen and oxygen atoms in total. The molecule has 0 fully saturated rings. The zero-order chi connectivity index (χ0) is 24.1. The number of thiazole rings is 1. The van der Waals surface area contributed by atoms with Gasteiger partial charge in [-0.15, -0.1) is 11.3 Å². The van der Waals surface area contributed by atoms with Crippen molar-refractivity contribution in [2.24, 2.45) is 7.05 Å². The van der Waals surface area contributed by atoms with Crippen LogP contribution in [0.5, 0.6) is 0 Å². The number of thioether (sulfide) groups is 1. The number of nitrogens with zero attached hydrogens (tertiary/aromatic N) is 5. The number of rotatable bonds is 10. The Hall–Kier alpha value is -2.76. The normalized spacial score (nSPS) is 12.1. The summed E-state index contributed by atoms with van der Waals surface area (Å²) in [7, 11) is 0.389. The summed E-state index contributed by atoms with van der Waals surface area (Å²) in [6, 6.07) is 9.73. The molecule has 3 heterocycles. The van der Waals surface area contributed by atoms with Crippen molar-refractivity contribution in [2.45, 2.75) is 24.7 Å². The maximum atomic E-state index is 12.7. The molecule has 34 heavy (non-hydrogen) atoms. The van der Waals surface area contributed by atoms with Crippen LogP contribution in [0.25, 0.3) is 21.8 Å². The Morgan fingerprint density at radius 3 is 2.82 bits per heavy atom. The summed E-state index contributed by atoms with van der Waals surface area (Å²) < 4.78 is 17.4. The lowest BCUT2D eigenvalue weighted by atomic mass is 10.1. The maximum Gasteiger partial charge on any atom is 0.223 e. The van der Waals surface area contributed by atoms with E-state index >= 15 is 0 Å². The largest absolute Gasteiger partial charge is 0.353 e. The zero-order valence-corrected chi connectivity index (χ0v) is 21.9. The third kappa shape index (κ3) is 5.83. The number of hydrogen-bond donors (Lipinski definition) is 2.